The Kier molecular flexibility index (Phi) is 5.31. The molecule has 12 heteroatoms. The van der Waals surface area contributed by atoms with E-state index in [-0.39, 0.29) is 12.4 Å². The van der Waals surface area contributed by atoms with Gasteiger partial charge in [-0.3, -0.25) is 9.59 Å². The van der Waals surface area contributed by atoms with Crippen LogP contribution in [0, 0.1) is 0 Å². The molecule has 0 aliphatic heterocycles. The molecule has 31 heavy (non-hydrogen) atoms. The molecule has 0 unspecified atom stereocenters. The van der Waals surface area contributed by atoms with E-state index in [4.69, 9.17) is 0 Å². The molecule has 7 nitrogen and oxygen atoms in total. The molecule has 0 aliphatic rings. The Balaban J connectivity index is 1.60. The van der Waals surface area contributed by atoms with Crippen molar-refractivity contribution in [1.29, 1.82) is 0 Å². The highest BCUT2D eigenvalue weighted by Crippen LogP contribution is 2.44. The minimum absolute atomic E-state index is 0.127. The van der Waals surface area contributed by atoms with Crippen LogP contribution in [0.2, 0.25) is 0 Å². The van der Waals surface area contributed by atoms with Crippen molar-refractivity contribution in [3.05, 3.63) is 56.9 Å². The van der Waals surface area contributed by atoms with Crippen molar-refractivity contribution in [1.82, 2.24) is 19.9 Å². The summed E-state index contributed by atoms with van der Waals surface area (Å²) in [5, 5.41) is 11.7. The number of fused-ring (bicyclic) bond motifs is 2. The number of aliphatic hydroxyl groups is 1. The van der Waals surface area contributed by atoms with Crippen molar-refractivity contribution >= 4 is 49.0 Å². The van der Waals surface area contributed by atoms with Crippen LogP contribution in [0.5, 0.6) is 0 Å². The molecule has 0 saturated heterocycles. The first kappa shape index (κ1) is 21.4. The second-order valence-corrected chi connectivity index (χ2v) is 8.87. The number of hydrogen-bond acceptors (Lipinski definition) is 7. The van der Waals surface area contributed by atoms with E-state index in [0.717, 1.165) is 4.90 Å². The first-order valence-corrected chi connectivity index (χ1v) is 10.6. The Morgan fingerprint density at radius 3 is 2.65 bits per heavy atom. The largest absolute Gasteiger partial charge is 0.424 e. The van der Waals surface area contributed by atoms with Crippen molar-refractivity contribution in [3.63, 3.8) is 0 Å². The van der Waals surface area contributed by atoms with Crippen molar-refractivity contribution in [3.8, 4) is 0 Å². The van der Waals surface area contributed by atoms with Gasteiger partial charge in [0.1, 0.15) is 15.5 Å². The maximum absolute atomic E-state index is 13.8. The number of aromatic nitrogens is 3. The van der Waals surface area contributed by atoms with E-state index in [1.807, 2.05) is 0 Å². The fourth-order valence-electron chi connectivity index (χ4n) is 3.01. The number of rotatable bonds is 5. The molecule has 3 aromatic heterocycles. The predicted octanol–water partition coefficient (Wildman–Crippen LogP) is 3.39. The third-order valence-corrected chi connectivity index (χ3v) is 6.79. The lowest BCUT2D eigenvalue weighted by Crippen LogP contribution is -2.46. The Bertz CT molecular complexity index is 1300. The predicted molar refractivity (Wildman–Crippen MR) is 111 cm³/mol. The number of nitrogens with zero attached hydrogens (tertiary/aromatic N) is 3. The molecule has 0 saturated carbocycles. The van der Waals surface area contributed by atoms with Gasteiger partial charge in [-0.05, 0) is 23.6 Å². The molecule has 0 spiro atoms. The normalized spacial score (nSPS) is 14.1. The summed E-state index contributed by atoms with van der Waals surface area (Å²) in [6.45, 7) is -0.229. The van der Waals surface area contributed by atoms with Gasteiger partial charge in [-0.1, -0.05) is 12.1 Å². The highest BCUT2D eigenvalue weighted by atomic mass is 32.1. The van der Waals surface area contributed by atoms with Crippen molar-refractivity contribution in [2.24, 2.45) is 0 Å². The molecule has 1 aromatic carbocycles. The number of amides is 1. The monoisotopic (exact) mass is 468 g/mol. The Hall–Kier alpha value is -2.83. The van der Waals surface area contributed by atoms with E-state index in [2.05, 4.69) is 15.0 Å². The van der Waals surface area contributed by atoms with Gasteiger partial charge in [-0.2, -0.15) is 13.2 Å². The molecule has 0 bridgehead atoms. The second-order valence-electron chi connectivity index (χ2n) is 6.92. The van der Waals surface area contributed by atoms with Crippen molar-refractivity contribution < 1.29 is 23.1 Å². The molecular weight excluding hydrogens is 453 g/mol. The summed E-state index contributed by atoms with van der Waals surface area (Å²) < 4.78 is 42.4. The molecule has 0 fully saturated rings. The number of thiazole rings is 1. The van der Waals surface area contributed by atoms with E-state index in [1.54, 1.807) is 29.6 Å². The Morgan fingerprint density at radius 1 is 1.19 bits per heavy atom. The highest BCUT2D eigenvalue weighted by molar-refractivity contribution is 7.18. The van der Waals surface area contributed by atoms with Crippen molar-refractivity contribution in [2.75, 3.05) is 7.05 Å². The first-order valence-electron chi connectivity index (χ1n) is 8.94. The fourth-order valence-corrected chi connectivity index (χ4v) is 4.81. The lowest BCUT2D eigenvalue weighted by molar-refractivity contribution is -0.268. The summed E-state index contributed by atoms with van der Waals surface area (Å²) in [5.41, 5.74) is -3.10. The Labute approximate surface area is 180 Å². The second kappa shape index (κ2) is 7.70. The van der Waals surface area contributed by atoms with Gasteiger partial charge in [-0.15, -0.1) is 22.7 Å². The maximum Gasteiger partial charge on any atom is 0.424 e. The van der Waals surface area contributed by atoms with E-state index < -0.39 is 34.7 Å². The van der Waals surface area contributed by atoms with E-state index in [0.29, 0.717) is 31.8 Å². The van der Waals surface area contributed by atoms with E-state index in [1.165, 1.54) is 24.5 Å². The van der Waals surface area contributed by atoms with Gasteiger partial charge in [-0.25, -0.2) is 9.97 Å². The molecule has 4 rings (SSSR count). The van der Waals surface area contributed by atoms with Crippen LogP contribution in [0.15, 0.2) is 40.5 Å². The molecular formula is C19H15F3N4O3S2. The number of H-pyrrole nitrogens is 1. The first-order chi connectivity index (χ1) is 14.6. The quantitative estimate of drug-likeness (QED) is 0.468. The van der Waals surface area contributed by atoms with Gasteiger partial charge in [0.25, 0.3) is 5.56 Å². The number of benzene rings is 1. The minimum atomic E-state index is -5.13. The van der Waals surface area contributed by atoms with Crippen LogP contribution >= 0.6 is 22.7 Å². The summed E-state index contributed by atoms with van der Waals surface area (Å²) >= 11 is 1.89. The number of alkyl halides is 3. The lowest BCUT2D eigenvalue weighted by Gasteiger charge is -2.29. The fraction of sp³-hybridized carbons (Fsp3) is 0.263. The Morgan fingerprint density at radius 2 is 1.94 bits per heavy atom. The third-order valence-electron chi connectivity index (χ3n) is 4.70. The highest BCUT2D eigenvalue weighted by Gasteiger charge is 2.58. The third kappa shape index (κ3) is 3.93. The number of carbonyl (C=O) groups is 1. The summed E-state index contributed by atoms with van der Waals surface area (Å²) in [6, 6.07) is 8.02. The summed E-state index contributed by atoms with van der Waals surface area (Å²) in [7, 11) is 1.27. The maximum atomic E-state index is 13.8. The average molecular weight is 468 g/mol. The molecule has 1 atom stereocenters. The van der Waals surface area contributed by atoms with Gasteiger partial charge in [0.15, 0.2) is 0 Å². The number of carbonyl (C=O) groups excluding carboxylic acids is 1. The standard InChI is InChI=1S/C19H15F3N4O3S2/c1-26(9-13-23-11-6-7-30-15(11)16(28)25-13)14(27)8-18(29,19(20,21)22)17-24-10-4-2-3-5-12(10)31-17/h2-7,29H,8-9H2,1H3,(H,23,25,28)/t18-/m0/s1. The van der Waals surface area contributed by atoms with E-state index >= 15 is 0 Å². The van der Waals surface area contributed by atoms with Crippen LogP contribution in [0.25, 0.3) is 20.4 Å². The van der Waals surface area contributed by atoms with Gasteiger partial charge in [0.05, 0.1) is 28.7 Å². The summed E-state index contributed by atoms with van der Waals surface area (Å²) in [6.07, 6.45) is -6.38. The number of hydrogen-bond donors (Lipinski definition) is 2. The van der Waals surface area contributed by atoms with Crippen LogP contribution in [0.3, 0.4) is 0 Å². The molecule has 3 heterocycles. The van der Waals surface area contributed by atoms with Gasteiger partial charge in [0, 0.05) is 7.05 Å². The topological polar surface area (TPSA) is 99.2 Å². The zero-order valence-corrected chi connectivity index (χ0v) is 17.6. The minimum Gasteiger partial charge on any atom is -0.374 e. The molecule has 162 valence electrons. The zero-order valence-electron chi connectivity index (χ0n) is 15.9. The number of halogens is 3. The molecule has 2 N–H and O–H groups in total. The number of aromatic amines is 1. The van der Waals surface area contributed by atoms with Gasteiger partial charge < -0.3 is 15.0 Å². The lowest BCUT2D eigenvalue weighted by atomic mass is 9.99. The number of nitrogens with one attached hydrogen (secondary N) is 1. The number of thiophene rings is 1. The molecule has 4 aromatic rings. The summed E-state index contributed by atoms with van der Waals surface area (Å²) in [5.74, 6) is -0.852. The molecule has 1 amide bonds. The van der Waals surface area contributed by atoms with Crippen LogP contribution in [0.4, 0.5) is 13.2 Å². The van der Waals surface area contributed by atoms with Crippen LogP contribution < -0.4 is 5.56 Å². The summed E-state index contributed by atoms with van der Waals surface area (Å²) in [4.78, 5) is 36.3. The van der Waals surface area contributed by atoms with Crippen LogP contribution in [-0.2, 0) is 16.9 Å². The van der Waals surface area contributed by atoms with Crippen molar-refractivity contribution in [2.45, 2.75) is 24.7 Å². The van der Waals surface area contributed by atoms with E-state index in [9.17, 15) is 27.9 Å². The SMILES string of the molecule is CN(Cc1nc2ccsc2c(=O)[nH]1)C(=O)C[C@](O)(c1nc2ccccc2s1)C(F)(F)F. The molecule has 0 radical (unpaired) electrons. The number of para-hydroxylation sites is 1. The van der Waals surface area contributed by atoms with Gasteiger partial charge in [0.2, 0.25) is 11.5 Å². The van der Waals surface area contributed by atoms with Crippen LogP contribution in [0.1, 0.15) is 17.3 Å². The zero-order chi connectivity index (χ0) is 22.4. The molecule has 0 aliphatic carbocycles. The van der Waals surface area contributed by atoms with Crippen LogP contribution in [-0.4, -0.2) is 44.1 Å². The average Bonchev–Trinajstić information content (AvgIpc) is 3.34. The van der Waals surface area contributed by atoms with Gasteiger partial charge >= 0.3 is 6.18 Å². The smallest absolute Gasteiger partial charge is 0.374 e.